The molecule has 18 heavy (non-hydrogen) atoms. The molecule has 0 spiro atoms. The lowest BCUT2D eigenvalue weighted by Gasteiger charge is -2.14. The number of benzene rings is 1. The Kier molecular flexibility index (Phi) is 3.62. The van der Waals surface area contributed by atoms with Crippen LogP contribution in [0.15, 0.2) is 24.4 Å². The number of carbonyl (C=O) groups excluding carboxylic acids is 1. The van der Waals surface area contributed by atoms with E-state index < -0.39 is 6.04 Å². The van der Waals surface area contributed by atoms with Gasteiger partial charge in [-0.25, -0.2) is 0 Å². The van der Waals surface area contributed by atoms with Crippen LogP contribution in [0, 0.1) is 5.92 Å². The van der Waals surface area contributed by atoms with Gasteiger partial charge in [-0.3, -0.25) is 9.89 Å². The van der Waals surface area contributed by atoms with Crippen LogP contribution in [-0.4, -0.2) is 22.1 Å². The number of aromatic nitrogens is 2. The molecule has 1 aromatic carbocycles. The molecule has 5 heteroatoms. The van der Waals surface area contributed by atoms with Crippen molar-refractivity contribution in [2.75, 3.05) is 5.32 Å². The number of aromatic amines is 1. The second kappa shape index (κ2) is 5.18. The van der Waals surface area contributed by atoms with Gasteiger partial charge in [0.1, 0.15) is 0 Å². The van der Waals surface area contributed by atoms with Crippen molar-refractivity contribution in [1.29, 1.82) is 0 Å². The van der Waals surface area contributed by atoms with Crippen molar-refractivity contribution in [3.63, 3.8) is 0 Å². The maximum absolute atomic E-state index is 11.9. The van der Waals surface area contributed by atoms with Gasteiger partial charge in [0, 0.05) is 11.1 Å². The molecular weight excluding hydrogens is 228 g/mol. The number of carbonyl (C=O) groups is 1. The van der Waals surface area contributed by atoms with Crippen LogP contribution in [0.25, 0.3) is 10.9 Å². The van der Waals surface area contributed by atoms with Gasteiger partial charge in [-0.2, -0.15) is 5.10 Å². The lowest BCUT2D eigenvalue weighted by molar-refractivity contribution is -0.117. The quantitative estimate of drug-likeness (QED) is 0.770. The van der Waals surface area contributed by atoms with E-state index in [9.17, 15) is 4.79 Å². The third-order valence-electron chi connectivity index (χ3n) is 2.77. The van der Waals surface area contributed by atoms with Crippen molar-refractivity contribution in [1.82, 2.24) is 10.2 Å². The highest BCUT2D eigenvalue weighted by Crippen LogP contribution is 2.17. The summed E-state index contributed by atoms with van der Waals surface area (Å²) < 4.78 is 0. The van der Waals surface area contributed by atoms with E-state index in [0.29, 0.717) is 12.3 Å². The molecule has 96 valence electrons. The number of hydrogen-bond acceptors (Lipinski definition) is 3. The second-order valence-electron chi connectivity index (χ2n) is 4.90. The highest BCUT2D eigenvalue weighted by Gasteiger charge is 2.15. The number of nitrogens with two attached hydrogens (primary N) is 1. The average molecular weight is 246 g/mol. The van der Waals surface area contributed by atoms with Crippen molar-refractivity contribution in [2.45, 2.75) is 26.3 Å². The zero-order valence-corrected chi connectivity index (χ0v) is 10.6. The predicted octanol–water partition coefficient (Wildman–Crippen LogP) is 1.87. The van der Waals surface area contributed by atoms with Gasteiger partial charge in [-0.15, -0.1) is 0 Å². The zero-order valence-electron chi connectivity index (χ0n) is 10.6. The molecule has 1 atom stereocenters. The third kappa shape index (κ3) is 2.87. The molecule has 2 rings (SSSR count). The standard InChI is InChI=1S/C13H18N4O/c1-8(2)5-11(14)13(18)16-10-4-3-9-7-15-17-12(9)6-10/h3-4,6-8,11H,5,14H2,1-2H3,(H,15,17)(H,16,18). The first-order chi connectivity index (χ1) is 8.56. The minimum absolute atomic E-state index is 0.150. The molecule has 1 heterocycles. The van der Waals surface area contributed by atoms with Crippen LogP contribution in [0.2, 0.25) is 0 Å². The highest BCUT2D eigenvalue weighted by molar-refractivity contribution is 5.96. The summed E-state index contributed by atoms with van der Waals surface area (Å²) in [5.41, 5.74) is 7.45. The molecule has 1 unspecified atom stereocenters. The number of H-pyrrole nitrogens is 1. The molecule has 0 bridgehead atoms. The Balaban J connectivity index is 2.06. The molecule has 1 aromatic heterocycles. The third-order valence-corrected chi connectivity index (χ3v) is 2.77. The van der Waals surface area contributed by atoms with E-state index in [1.54, 1.807) is 6.20 Å². The van der Waals surface area contributed by atoms with Gasteiger partial charge in [0.25, 0.3) is 0 Å². The molecule has 0 radical (unpaired) electrons. The molecule has 0 saturated heterocycles. The fourth-order valence-corrected chi connectivity index (χ4v) is 1.86. The van der Waals surface area contributed by atoms with E-state index >= 15 is 0 Å². The SMILES string of the molecule is CC(C)CC(N)C(=O)Nc1ccc2cn[nH]c2c1. The Morgan fingerprint density at radius 2 is 2.28 bits per heavy atom. The maximum Gasteiger partial charge on any atom is 0.241 e. The molecule has 0 aliphatic carbocycles. The number of nitrogens with zero attached hydrogens (tertiary/aromatic N) is 1. The molecule has 0 fully saturated rings. The number of hydrogen-bond donors (Lipinski definition) is 3. The van der Waals surface area contributed by atoms with Gasteiger partial charge in [-0.05, 0) is 30.5 Å². The molecular formula is C13H18N4O. The summed E-state index contributed by atoms with van der Waals surface area (Å²) in [6.07, 6.45) is 2.42. The van der Waals surface area contributed by atoms with Crippen LogP contribution in [0.3, 0.4) is 0 Å². The fourth-order valence-electron chi connectivity index (χ4n) is 1.86. The van der Waals surface area contributed by atoms with E-state index in [1.165, 1.54) is 0 Å². The number of anilines is 1. The summed E-state index contributed by atoms with van der Waals surface area (Å²) in [5.74, 6) is 0.253. The van der Waals surface area contributed by atoms with Gasteiger partial charge in [0.15, 0.2) is 0 Å². The summed E-state index contributed by atoms with van der Waals surface area (Å²) >= 11 is 0. The Labute approximate surface area is 106 Å². The Morgan fingerprint density at radius 1 is 1.50 bits per heavy atom. The zero-order chi connectivity index (χ0) is 13.1. The van der Waals surface area contributed by atoms with Crippen molar-refractivity contribution >= 4 is 22.5 Å². The largest absolute Gasteiger partial charge is 0.325 e. The van der Waals surface area contributed by atoms with Crippen molar-refractivity contribution < 1.29 is 4.79 Å². The normalized spacial score (nSPS) is 12.9. The van der Waals surface area contributed by atoms with E-state index in [1.807, 2.05) is 32.0 Å². The van der Waals surface area contributed by atoms with Crippen molar-refractivity contribution in [3.8, 4) is 0 Å². The minimum Gasteiger partial charge on any atom is -0.325 e. The van der Waals surface area contributed by atoms with E-state index in [4.69, 9.17) is 5.73 Å². The second-order valence-corrected chi connectivity index (χ2v) is 4.90. The van der Waals surface area contributed by atoms with Gasteiger partial charge >= 0.3 is 0 Å². The van der Waals surface area contributed by atoms with Gasteiger partial charge in [-0.1, -0.05) is 13.8 Å². The fraction of sp³-hybridized carbons (Fsp3) is 0.385. The van der Waals surface area contributed by atoms with Crippen LogP contribution in [0.4, 0.5) is 5.69 Å². The minimum atomic E-state index is -0.470. The first-order valence-corrected chi connectivity index (χ1v) is 6.06. The van der Waals surface area contributed by atoms with Crippen LogP contribution in [0.1, 0.15) is 20.3 Å². The Bertz CT molecular complexity index is 547. The Morgan fingerprint density at radius 3 is 3.00 bits per heavy atom. The van der Waals surface area contributed by atoms with Crippen molar-refractivity contribution in [3.05, 3.63) is 24.4 Å². The van der Waals surface area contributed by atoms with Crippen molar-refractivity contribution in [2.24, 2.45) is 11.7 Å². The van der Waals surface area contributed by atoms with Crippen LogP contribution in [0.5, 0.6) is 0 Å². The summed E-state index contributed by atoms with van der Waals surface area (Å²) in [6.45, 7) is 4.09. The molecule has 0 aliphatic heterocycles. The number of amides is 1. The summed E-state index contributed by atoms with van der Waals surface area (Å²) in [7, 11) is 0. The first kappa shape index (κ1) is 12.6. The summed E-state index contributed by atoms with van der Waals surface area (Å²) in [4.78, 5) is 11.9. The smallest absolute Gasteiger partial charge is 0.241 e. The van der Waals surface area contributed by atoms with Crippen LogP contribution >= 0.6 is 0 Å². The number of nitrogens with one attached hydrogen (secondary N) is 2. The summed E-state index contributed by atoms with van der Waals surface area (Å²) in [5, 5.41) is 10.6. The van der Waals surface area contributed by atoms with Gasteiger partial charge in [0.05, 0.1) is 17.8 Å². The van der Waals surface area contributed by atoms with E-state index in [2.05, 4.69) is 15.5 Å². The predicted molar refractivity (Wildman–Crippen MR) is 72.2 cm³/mol. The molecule has 4 N–H and O–H groups in total. The molecule has 2 aromatic rings. The first-order valence-electron chi connectivity index (χ1n) is 6.06. The average Bonchev–Trinajstić information content (AvgIpc) is 2.75. The Hall–Kier alpha value is -1.88. The molecule has 5 nitrogen and oxygen atoms in total. The monoisotopic (exact) mass is 246 g/mol. The molecule has 0 aliphatic rings. The van der Waals surface area contributed by atoms with E-state index in [0.717, 1.165) is 16.6 Å². The summed E-state index contributed by atoms with van der Waals surface area (Å²) in [6, 6.07) is 5.13. The number of fused-ring (bicyclic) bond motifs is 1. The van der Waals surface area contributed by atoms with Gasteiger partial charge in [0.2, 0.25) is 5.91 Å². The molecule has 0 saturated carbocycles. The lowest BCUT2D eigenvalue weighted by Crippen LogP contribution is -2.36. The topological polar surface area (TPSA) is 83.8 Å². The van der Waals surface area contributed by atoms with E-state index in [-0.39, 0.29) is 5.91 Å². The lowest BCUT2D eigenvalue weighted by atomic mass is 10.0. The number of rotatable bonds is 4. The van der Waals surface area contributed by atoms with Crippen LogP contribution in [-0.2, 0) is 4.79 Å². The molecule has 1 amide bonds. The maximum atomic E-state index is 11.9. The van der Waals surface area contributed by atoms with Gasteiger partial charge < -0.3 is 11.1 Å². The highest BCUT2D eigenvalue weighted by atomic mass is 16.2. The van der Waals surface area contributed by atoms with Crippen LogP contribution < -0.4 is 11.1 Å².